The lowest BCUT2D eigenvalue weighted by Crippen LogP contribution is -2.19. The molecule has 0 spiro atoms. The number of aromatic nitrogens is 4. The van der Waals surface area contributed by atoms with Gasteiger partial charge in [-0.3, -0.25) is 4.40 Å². The first-order valence-electron chi connectivity index (χ1n) is 6.59. The second kappa shape index (κ2) is 6.61. The van der Waals surface area contributed by atoms with E-state index < -0.39 is 0 Å². The zero-order valence-electron chi connectivity index (χ0n) is 11.9. The second-order valence-electron chi connectivity index (χ2n) is 4.51. The maximum absolute atomic E-state index is 5.06. The van der Waals surface area contributed by atoms with Crippen molar-refractivity contribution in [1.82, 2.24) is 24.3 Å². The van der Waals surface area contributed by atoms with Crippen molar-refractivity contribution in [1.29, 1.82) is 0 Å². The Balaban J connectivity index is 1.83. The molecule has 0 saturated carbocycles. The van der Waals surface area contributed by atoms with E-state index in [2.05, 4.69) is 26.3 Å². The van der Waals surface area contributed by atoms with Crippen LogP contribution < -0.4 is 5.32 Å². The topological polar surface area (TPSA) is 56.4 Å². The molecule has 3 aromatic rings. The molecule has 0 bridgehead atoms. The third-order valence-corrected chi connectivity index (χ3v) is 4.92. The molecule has 0 amide bonds. The smallest absolute Gasteiger partial charge is 0.194 e. The molecule has 6 nitrogen and oxygen atoms in total. The molecular weight excluding hydrogens is 306 g/mol. The molecule has 0 atom stereocenters. The summed E-state index contributed by atoms with van der Waals surface area (Å²) < 4.78 is 9.20. The Morgan fingerprint density at radius 2 is 2.33 bits per heavy atom. The molecule has 0 saturated heterocycles. The van der Waals surface area contributed by atoms with Crippen LogP contribution in [0.25, 0.3) is 4.96 Å². The first kappa shape index (κ1) is 14.6. The van der Waals surface area contributed by atoms with Crippen LogP contribution in [0.1, 0.15) is 5.69 Å². The van der Waals surface area contributed by atoms with Crippen molar-refractivity contribution in [3.05, 3.63) is 29.7 Å². The van der Waals surface area contributed by atoms with E-state index in [0.29, 0.717) is 6.61 Å². The lowest BCUT2D eigenvalue weighted by molar-refractivity contribution is 0.199. The average molecular weight is 323 g/mol. The second-order valence-corrected chi connectivity index (χ2v) is 6.34. The Hall–Kier alpha value is -1.35. The van der Waals surface area contributed by atoms with Crippen LogP contribution in [0.15, 0.2) is 34.2 Å². The number of methoxy groups -OCH3 is 1. The summed E-state index contributed by atoms with van der Waals surface area (Å²) >= 11 is 3.24. The van der Waals surface area contributed by atoms with Gasteiger partial charge in [0, 0.05) is 51.2 Å². The highest BCUT2D eigenvalue weighted by molar-refractivity contribution is 7.99. The molecule has 0 aliphatic carbocycles. The molecular formula is C13H17N5OS2. The highest BCUT2D eigenvalue weighted by atomic mass is 32.2. The van der Waals surface area contributed by atoms with E-state index in [-0.39, 0.29) is 0 Å². The lowest BCUT2D eigenvalue weighted by Gasteiger charge is -2.06. The minimum atomic E-state index is 0.702. The molecule has 3 rings (SSSR count). The van der Waals surface area contributed by atoms with Gasteiger partial charge in [0.2, 0.25) is 0 Å². The highest BCUT2D eigenvalue weighted by Gasteiger charge is 2.15. The third kappa shape index (κ3) is 3.13. The van der Waals surface area contributed by atoms with E-state index in [0.717, 1.165) is 33.9 Å². The van der Waals surface area contributed by atoms with Crippen LogP contribution in [0.5, 0.6) is 0 Å². The first-order chi connectivity index (χ1) is 10.3. The molecule has 0 aliphatic heterocycles. The normalized spacial score (nSPS) is 11.5. The van der Waals surface area contributed by atoms with Gasteiger partial charge in [-0.1, -0.05) is 0 Å². The van der Waals surface area contributed by atoms with Crippen LogP contribution >= 0.6 is 23.1 Å². The van der Waals surface area contributed by atoms with E-state index in [1.165, 1.54) is 0 Å². The van der Waals surface area contributed by atoms with Gasteiger partial charge in [0.15, 0.2) is 10.1 Å². The van der Waals surface area contributed by atoms with Gasteiger partial charge in [-0.05, 0) is 11.8 Å². The Morgan fingerprint density at radius 3 is 3.10 bits per heavy atom. The van der Waals surface area contributed by atoms with Crippen molar-refractivity contribution >= 4 is 28.1 Å². The molecule has 21 heavy (non-hydrogen) atoms. The largest absolute Gasteiger partial charge is 0.383 e. The minimum absolute atomic E-state index is 0.702. The monoisotopic (exact) mass is 323 g/mol. The van der Waals surface area contributed by atoms with Crippen molar-refractivity contribution in [3.63, 3.8) is 0 Å². The molecule has 0 unspecified atom stereocenters. The standard InChI is InChI=1S/C13H17N5OS2/c1-17-5-3-15-12(17)21-11-10(9-14-4-7-19-2)18-6-8-20-13(18)16-11/h3,5-6,8,14H,4,7,9H2,1-2H3. The Labute approximate surface area is 131 Å². The van der Waals surface area contributed by atoms with Crippen molar-refractivity contribution in [2.75, 3.05) is 20.3 Å². The van der Waals surface area contributed by atoms with E-state index in [1.54, 1.807) is 36.4 Å². The number of ether oxygens (including phenoxy) is 1. The van der Waals surface area contributed by atoms with Gasteiger partial charge in [-0.2, -0.15) is 0 Å². The molecule has 8 heteroatoms. The first-order valence-corrected chi connectivity index (χ1v) is 8.28. The summed E-state index contributed by atoms with van der Waals surface area (Å²) in [6, 6.07) is 0. The average Bonchev–Trinajstić information content (AvgIpc) is 3.14. The predicted octanol–water partition coefficient (Wildman–Crippen LogP) is 2.02. The number of thiazole rings is 1. The SMILES string of the molecule is COCCNCc1c(Sc2nccn2C)nc2sccn12. The summed E-state index contributed by atoms with van der Waals surface area (Å²) in [4.78, 5) is 10.1. The van der Waals surface area contributed by atoms with E-state index in [4.69, 9.17) is 9.72 Å². The highest BCUT2D eigenvalue weighted by Crippen LogP contribution is 2.30. The fraction of sp³-hybridized carbons (Fsp3) is 0.385. The summed E-state index contributed by atoms with van der Waals surface area (Å²) in [5, 5.41) is 7.38. The number of hydrogen-bond acceptors (Lipinski definition) is 6. The number of rotatable bonds is 7. The summed E-state index contributed by atoms with van der Waals surface area (Å²) in [7, 11) is 3.70. The van der Waals surface area contributed by atoms with Crippen LogP contribution in [0.3, 0.4) is 0 Å². The molecule has 0 aliphatic rings. The third-order valence-electron chi connectivity index (χ3n) is 3.06. The fourth-order valence-electron chi connectivity index (χ4n) is 1.97. The number of imidazole rings is 2. The van der Waals surface area contributed by atoms with Gasteiger partial charge in [0.05, 0.1) is 12.3 Å². The molecule has 0 aromatic carbocycles. The Morgan fingerprint density at radius 1 is 1.43 bits per heavy atom. The van der Waals surface area contributed by atoms with Crippen molar-refractivity contribution in [2.45, 2.75) is 16.7 Å². The molecule has 3 aromatic heterocycles. The van der Waals surface area contributed by atoms with Crippen LogP contribution in [0.4, 0.5) is 0 Å². The van der Waals surface area contributed by atoms with Gasteiger partial charge >= 0.3 is 0 Å². The summed E-state index contributed by atoms with van der Waals surface area (Å²) in [5.74, 6) is 0. The van der Waals surface area contributed by atoms with Crippen LogP contribution in [0, 0.1) is 0 Å². The predicted molar refractivity (Wildman–Crippen MR) is 84.0 cm³/mol. The number of fused-ring (bicyclic) bond motifs is 1. The summed E-state index contributed by atoms with van der Waals surface area (Å²) in [5.41, 5.74) is 1.16. The van der Waals surface area contributed by atoms with Gasteiger partial charge in [-0.15, -0.1) is 11.3 Å². The van der Waals surface area contributed by atoms with Crippen LogP contribution in [0.2, 0.25) is 0 Å². The molecule has 0 radical (unpaired) electrons. The zero-order valence-corrected chi connectivity index (χ0v) is 13.6. The number of nitrogens with zero attached hydrogens (tertiary/aromatic N) is 4. The van der Waals surface area contributed by atoms with Gasteiger partial charge in [0.25, 0.3) is 0 Å². The molecule has 1 N–H and O–H groups in total. The van der Waals surface area contributed by atoms with E-state index >= 15 is 0 Å². The maximum atomic E-state index is 5.06. The van der Waals surface area contributed by atoms with Crippen molar-refractivity contribution in [3.8, 4) is 0 Å². The minimum Gasteiger partial charge on any atom is -0.383 e. The van der Waals surface area contributed by atoms with Gasteiger partial charge < -0.3 is 14.6 Å². The zero-order chi connectivity index (χ0) is 14.7. The van der Waals surface area contributed by atoms with Crippen molar-refractivity contribution < 1.29 is 4.74 Å². The van der Waals surface area contributed by atoms with E-state index in [9.17, 15) is 0 Å². The molecule has 3 heterocycles. The van der Waals surface area contributed by atoms with Gasteiger partial charge in [-0.25, -0.2) is 9.97 Å². The number of aryl methyl sites for hydroxylation is 1. The van der Waals surface area contributed by atoms with Gasteiger partial charge in [0.1, 0.15) is 5.03 Å². The number of nitrogens with one attached hydrogen (secondary N) is 1. The van der Waals surface area contributed by atoms with Crippen LogP contribution in [-0.4, -0.2) is 39.2 Å². The van der Waals surface area contributed by atoms with E-state index in [1.807, 2.05) is 17.8 Å². The summed E-state index contributed by atoms with van der Waals surface area (Å²) in [6.45, 7) is 2.28. The van der Waals surface area contributed by atoms with Crippen LogP contribution in [-0.2, 0) is 18.3 Å². The Bertz CT molecular complexity index is 717. The molecule has 0 fully saturated rings. The van der Waals surface area contributed by atoms with Crippen molar-refractivity contribution in [2.24, 2.45) is 7.05 Å². The Kier molecular flexibility index (Phi) is 4.59. The summed E-state index contributed by atoms with van der Waals surface area (Å²) in [6.07, 6.45) is 5.80. The fourth-order valence-corrected chi connectivity index (χ4v) is 3.68. The number of hydrogen-bond donors (Lipinski definition) is 1. The maximum Gasteiger partial charge on any atom is 0.194 e. The lowest BCUT2D eigenvalue weighted by atomic mass is 10.4. The molecule has 112 valence electrons. The quantitative estimate of drug-likeness (QED) is 0.674.